The molecule has 0 radical (unpaired) electrons. The number of hydrogen-bond acceptors (Lipinski definition) is 7. The molecule has 1 aliphatic rings. The SMILES string of the molecule is CCCCCCCC(=O)N(Cc1ccc(Cl)cc1)[C@@H]1CC(C(=O)NCCO)=C[C@H](Oc2c(I)cc(CO)cc2OC)[C@H]1O. The van der Waals surface area contributed by atoms with Crippen molar-refractivity contribution >= 4 is 46.0 Å². The minimum Gasteiger partial charge on any atom is -0.493 e. The average Bonchev–Trinajstić information content (AvgIpc) is 3.01. The van der Waals surface area contributed by atoms with Gasteiger partial charge in [-0.15, -0.1) is 0 Å². The molecule has 43 heavy (non-hydrogen) atoms. The zero-order chi connectivity index (χ0) is 31.4. The number of unbranched alkanes of at least 4 members (excludes halogenated alkanes) is 4. The fourth-order valence-corrected chi connectivity index (χ4v) is 6.01. The standard InChI is InChI=1S/C32H42ClIN2O7/c1-3-4-5-6-7-8-29(39)36(19-21-9-11-24(33)12-10-21)26-17-23(32(41)35-13-14-37)18-27(30(26)40)43-31-25(34)15-22(20-38)16-28(31)42-2/h9-12,15-16,18,26-27,30,37-38,40H,3-8,13-14,17,19-20H2,1-2H3,(H,35,41)/t26-,27+,30+/m1/s1. The molecule has 3 rings (SSSR count). The Morgan fingerprint density at radius 1 is 1.09 bits per heavy atom. The first kappa shape index (κ1) is 35.1. The summed E-state index contributed by atoms with van der Waals surface area (Å²) in [7, 11) is 1.48. The van der Waals surface area contributed by atoms with Crippen molar-refractivity contribution in [1.82, 2.24) is 10.2 Å². The summed E-state index contributed by atoms with van der Waals surface area (Å²) in [5, 5.41) is 33.9. The molecule has 0 unspecified atom stereocenters. The molecule has 2 aromatic carbocycles. The van der Waals surface area contributed by atoms with Gasteiger partial charge >= 0.3 is 0 Å². The quantitative estimate of drug-likeness (QED) is 0.145. The largest absolute Gasteiger partial charge is 0.493 e. The van der Waals surface area contributed by atoms with Gasteiger partial charge in [0.25, 0.3) is 0 Å². The summed E-state index contributed by atoms with van der Waals surface area (Å²) in [4.78, 5) is 28.6. The van der Waals surface area contributed by atoms with Crippen LogP contribution in [-0.2, 0) is 22.7 Å². The number of aliphatic hydroxyl groups excluding tert-OH is 3. The molecule has 0 spiro atoms. The number of carbonyl (C=O) groups excluding carboxylic acids is 2. The molecular formula is C32H42ClIN2O7. The molecule has 2 aromatic rings. The molecule has 0 heterocycles. The normalized spacial score (nSPS) is 18.1. The summed E-state index contributed by atoms with van der Waals surface area (Å²) >= 11 is 8.18. The van der Waals surface area contributed by atoms with Crippen LogP contribution in [0.2, 0.25) is 5.02 Å². The van der Waals surface area contributed by atoms with Crippen LogP contribution in [0.5, 0.6) is 11.5 Å². The second kappa shape index (κ2) is 17.8. The fraction of sp³-hybridized carbons (Fsp3) is 0.500. The number of methoxy groups -OCH3 is 1. The van der Waals surface area contributed by atoms with E-state index in [1.165, 1.54) is 7.11 Å². The van der Waals surface area contributed by atoms with E-state index in [4.69, 9.17) is 21.1 Å². The number of rotatable bonds is 16. The fourth-order valence-electron chi connectivity index (χ4n) is 5.09. The number of amides is 2. The lowest BCUT2D eigenvalue weighted by Crippen LogP contribution is -2.54. The highest BCUT2D eigenvalue weighted by Gasteiger charge is 2.41. The van der Waals surface area contributed by atoms with Crippen molar-refractivity contribution in [3.8, 4) is 11.5 Å². The number of nitrogens with one attached hydrogen (secondary N) is 1. The molecule has 0 saturated heterocycles. The van der Waals surface area contributed by atoms with E-state index >= 15 is 0 Å². The predicted molar refractivity (Wildman–Crippen MR) is 174 cm³/mol. The lowest BCUT2D eigenvalue weighted by molar-refractivity contribution is -0.139. The van der Waals surface area contributed by atoms with E-state index in [9.17, 15) is 24.9 Å². The molecule has 4 N–H and O–H groups in total. The third kappa shape index (κ3) is 10.1. The van der Waals surface area contributed by atoms with Gasteiger partial charge in [0, 0.05) is 36.5 Å². The minimum atomic E-state index is -1.18. The predicted octanol–water partition coefficient (Wildman–Crippen LogP) is 4.75. The van der Waals surface area contributed by atoms with Gasteiger partial charge in [-0.3, -0.25) is 9.59 Å². The van der Waals surface area contributed by atoms with Gasteiger partial charge in [0.15, 0.2) is 11.5 Å². The lowest BCUT2D eigenvalue weighted by Gasteiger charge is -2.41. The number of aliphatic hydroxyl groups is 3. The van der Waals surface area contributed by atoms with Crippen molar-refractivity contribution in [2.45, 2.75) is 83.3 Å². The molecule has 0 saturated carbocycles. The first-order valence-corrected chi connectivity index (χ1v) is 16.1. The van der Waals surface area contributed by atoms with Gasteiger partial charge in [-0.25, -0.2) is 0 Å². The number of halogens is 2. The number of carbonyl (C=O) groups is 2. The van der Waals surface area contributed by atoms with E-state index < -0.39 is 24.2 Å². The van der Waals surface area contributed by atoms with Crippen LogP contribution in [0.25, 0.3) is 0 Å². The van der Waals surface area contributed by atoms with E-state index in [-0.39, 0.29) is 38.6 Å². The molecule has 236 valence electrons. The summed E-state index contributed by atoms with van der Waals surface area (Å²) in [5.41, 5.74) is 1.81. The number of benzene rings is 2. The molecule has 11 heteroatoms. The number of hydrogen-bond donors (Lipinski definition) is 4. The Labute approximate surface area is 272 Å². The molecule has 2 amide bonds. The second-order valence-electron chi connectivity index (χ2n) is 10.6. The Balaban J connectivity index is 1.98. The van der Waals surface area contributed by atoms with Crippen LogP contribution in [0, 0.1) is 3.57 Å². The van der Waals surface area contributed by atoms with Gasteiger partial charge in [-0.2, -0.15) is 0 Å². The van der Waals surface area contributed by atoms with E-state index in [0.717, 1.165) is 37.7 Å². The summed E-state index contributed by atoms with van der Waals surface area (Å²) < 4.78 is 12.5. The van der Waals surface area contributed by atoms with Crippen molar-refractivity contribution < 1.29 is 34.4 Å². The maximum Gasteiger partial charge on any atom is 0.247 e. The van der Waals surface area contributed by atoms with Gasteiger partial charge < -0.3 is 35.0 Å². The molecule has 9 nitrogen and oxygen atoms in total. The first-order chi connectivity index (χ1) is 20.7. The summed E-state index contributed by atoms with van der Waals surface area (Å²) in [6, 6.07) is 9.82. The molecule has 3 atom stereocenters. The van der Waals surface area contributed by atoms with Crippen LogP contribution in [-0.4, -0.2) is 70.5 Å². The van der Waals surface area contributed by atoms with Crippen molar-refractivity contribution in [2.24, 2.45) is 0 Å². The highest BCUT2D eigenvalue weighted by atomic mass is 127. The molecule has 0 fully saturated rings. The number of ether oxygens (including phenoxy) is 2. The van der Waals surface area contributed by atoms with Crippen LogP contribution < -0.4 is 14.8 Å². The lowest BCUT2D eigenvalue weighted by atomic mass is 9.87. The number of nitrogens with zero attached hydrogens (tertiary/aromatic N) is 1. The van der Waals surface area contributed by atoms with Gasteiger partial charge in [0.2, 0.25) is 11.8 Å². The zero-order valence-corrected chi connectivity index (χ0v) is 27.6. The maximum atomic E-state index is 13.8. The first-order valence-electron chi connectivity index (χ1n) is 14.7. The van der Waals surface area contributed by atoms with Gasteiger partial charge in [0.1, 0.15) is 12.2 Å². The van der Waals surface area contributed by atoms with E-state index in [2.05, 4.69) is 34.8 Å². The van der Waals surface area contributed by atoms with Gasteiger partial charge in [-0.1, -0.05) is 56.3 Å². The third-order valence-corrected chi connectivity index (χ3v) is 8.47. The smallest absolute Gasteiger partial charge is 0.247 e. The highest BCUT2D eigenvalue weighted by molar-refractivity contribution is 14.1. The molecule has 0 aromatic heterocycles. The van der Waals surface area contributed by atoms with E-state index in [0.29, 0.717) is 37.6 Å². The van der Waals surface area contributed by atoms with Crippen LogP contribution >= 0.6 is 34.2 Å². The van der Waals surface area contributed by atoms with Gasteiger partial charge in [-0.05, 0) is 70.5 Å². The van der Waals surface area contributed by atoms with Crippen molar-refractivity contribution in [3.63, 3.8) is 0 Å². The second-order valence-corrected chi connectivity index (χ2v) is 12.2. The Morgan fingerprint density at radius 2 is 1.81 bits per heavy atom. The molecule has 1 aliphatic carbocycles. The monoisotopic (exact) mass is 728 g/mol. The van der Waals surface area contributed by atoms with Crippen molar-refractivity contribution in [2.75, 3.05) is 20.3 Å². The maximum absolute atomic E-state index is 13.8. The summed E-state index contributed by atoms with van der Waals surface area (Å²) in [5.74, 6) is 0.190. The van der Waals surface area contributed by atoms with Gasteiger partial charge in [0.05, 0.1) is 29.9 Å². The Bertz CT molecular complexity index is 1240. The zero-order valence-electron chi connectivity index (χ0n) is 24.7. The summed E-state index contributed by atoms with van der Waals surface area (Å²) in [6.07, 6.45) is 4.74. The summed E-state index contributed by atoms with van der Waals surface area (Å²) in [6.45, 7) is 2.01. The van der Waals surface area contributed by atoms with Crippen molar-refractivity contribution in [3.05, 3.63) is 67.8 Å². The average molecular weight is 729 g/mol. The van der Waals surface area contributed by atoms with E-state index in [1.54, 1.807) is 35.2 Å². The van der Waals surface area contributed by atoms with Crippen LogP contribution in [0.4, 0.5) is 0 Å². The Hall–Kier alpha value is -2.38. The van der Waals surface area contributed by atoms with E-state index in [1.807, 2.05) is 12.1 Å². The van der Waals surface area contributed by atoms with Crippen LogP contribution in [0.3, 0.4) is 0 Å². The molecule has 0 aliphatic heterocycles. The highest BCUT2D eigenvalue weighted by Crippen LogP contribution is 2.37. The third-order valence-electron chi connectivity index (χ3n) is 7.42. The van der Waals surface area contributed by atoms with Crippen molar-refractivity contribution in [1.29, 1.82) is 0 Å². The molecular weight excluding hydrogens is 687 g/mol. The Kier molecular flexibility index (Phi) is 14.5. The van der Waals surface area contributed by atoms with Crippen LogP contribution in [0.15, 0.2) is 48.0 Å². The Morgan fingerprint density at radius 3 is 2.47 bits per heavy atom. The van der Waals surface area contributed by atoms with Crippen LogP contribution in [0.1, 0.15) is 63.0 Å². The minimum absolute atomic E-state index is 0.0639. The molecule has 0 bridgehead atoms. The topological polar surface area (TPSA) is 129 Å².